The first-order valence-corrected chi connectivity index (χ1v) is 22.4. The molecular formula is C42H55F3N6O9S. The molecule has 1 aromatic carbocycles. The molecule has 2 saturated carbocycles. The molecule has 4 amide bonds. The van der Waals surface area contributed by atoms with E-state index in [9.17, 15) is 40.8 Å². The lowest BCUT2D eigenvalue weighted by atomic mass is 9.88. The molecular weight excluding hydrogens is 822 g/mol. The Morgan fingerprint density at radius 3 is 2.41 bits per heavy atom. The lowest BCUT2D eigenvalue weighted by Gasteiger charge is -2.34. The van der Waals surface area contributed by atoms with E-state index in [4.69, 9.17) is 14.2 Å². The molecule has 7 atom stereocenters. The van der Waals surface area contributed by atoms with Gasteiger partial charge in [-0.25, -0.2) is 18.2 Å². The number of nitrogens with one attached hydrogen (secondary N) is 3. The molecule has 61 heavy (non-hydrogen) atoms. The van der Waals surface area contributed by atoms with Gasteiger partial charge in [-0.3, -0.25) is 19.1 Å². The van der Waals surface area contributed by atoms with Gasteiger partial charge in [0.25, 0.3) is 5.91 Å². The smallest absolute Gasteiger partial charge is 0.427 e. The molecule has 0 spiro atoms. The predicted molar refractivity (Wildman–Crippen MR) is 218 cm³/mol. The molecule has 0 radical (unpaired) electrons. The quantitative estimate of drug-likeness (QED) is 0.311. The van der Waals surface area contributed by atoms with Crippen molar-refractivity contribution in [2.45, 2.75) is 120 Å². The molecule has 19 heteroatoms. The number of allylic oxidation sites excluding steroid dienone is 1. The van der Waals surface area contributed by atoms with Gasteiger partial charge in [0.05, 0.1) is 36.4 Å². The highest BCUT2D eigenvalue weighted by molar-refractivity contribution is 7.91. The van der Waals surface area contributed by atoms with Gasteiger partial charge >= 0.3 is 12.3 Å². The highest BCUT2D eigenvalue weighted by Gasteiger charge is 2.63. The van der Waals surface area contributed by atoms with Gasteiger partial charge < -0.3 is 34.6 Å². The highest BCUT2D eigenvalue weighted by atomic mass is 32.2. The minimum Gasteiger partial charge on any atom is -0.472 e. The van der Waals surface area contributed by atoms with E-state index in [0.717, 1.165) is 11.1 Å². The van der Waals surface area contributed by atoms with E-state index >= 15 is 0 Å². The molecule has 4 fully saturated rings. The minimum atomic E-state index is -4.91. The number of anilines is 1. The number of rotatable bonds is 8. The number of nitrogens with zero attached hydrogens (tertiary/aromatic N) is 3. The largest absolute Gasteiger partial charge is 0.472 e. The fraction of sp³-hybridized carbons (Fsp3) is 0.643. The van der Waals surface area contributed by atoms with Gasteiger partial charge in [0.1, 0.15) is 23.7 Å². The lowest BCUT2D eigenvalue weighted by molar-refractivity contribution is -0.244. The van der Waals surface area contributed by atoms with Gasteiger partial charge in [-0.2, -0.15) is 13.2 Å². The number of fused-ring (bicyclic) bond motifs is 3. The highest BCUT2D eigenvalue weighted by Crippen LogP contribution is 2.48. The fourth-order valence-electron chi connectivity index (χ4n) is 8.50. The minimum absolute atomic E-state index is 0.0359. The summed E-state index contributed by atoms with van der Waals surface area (Å²) >= 11 is 0. The molecule has 0 unspecified atom stereocenters. The number of morpholine rings is 1. The summed E-state index contributed by atoms with van der Waals surface area (Å²) in [5, 5.41) is 6.76. The maximum atomic E-state index is 14.9. The Kier molecular flexibility index (Phi) is 12.1. The molecule has 4 heterocycles. The second kappa shape index (κ2) is 16.6. The van der Waals surface area contributed by atoms with Crippen LogP contribution in [0.15, 0.2) is 42.6 Å². The Balaban J connectivity index is 1.22. The lowest BCUT2D eigenvalue weighted by Crippen LogP contribution is -2.59. The molecule has 3 aliphatic heterocycles. The average Bonchev–Trinajstić information content (AvgIpc) is 4.08. The number of amides is 4. The van der Waals surface area contributed by atoms with Crippen molar-refractivity contribution in [3.05, 3.63) is 42.6 Å². The number of sulfonamides is 1. The third-order valence-corrected chi connectivity index (χ3v) is 15.1. The van der Waals surface area contributed by atoms with Gasteiger partial charge in [0, 0.05) is 36.2 Å². The number of pyridine rings is 1. The molecule has 3 N–H and O–H groups in total. The summed E-state index contributed by atoms with van der Waals surface area (Å²) in [6, 6.07) is 4.77. The van der Waals surface area contributed by atoms with E-state index in [2.05, 4.69) is 25.2 Å². The number of hydrogen-bond donors (Lipinski definition) is 3. The Morgan fingerprint density at radius 1 is 1.05 bits per heavy atom. The molecule has 2 saturated heterocycles. The number of aromatic nitrogens is 1. The van der Waals surface area contributed by atoms with Gasteiger partial charge in [-0.15, -0.1) is 0 Å². The number of halogens is 3. The average molecular weight is 877 g/mol. The first kappa shape index (κ1) is 44.4. The van der Waals surface area contributed by atoms with Crippen LogP contribution in [0.3, 0.4) is 0 Å². The van der Waals surface area contributed by atoms with Crippen molar-refractivity contribution in [1.82, 2.24) is 25.2 Å². The molecule has 1 aromatic heterocycles. The van der Waals surface area contributed by atoms with Crippen molar-refractivity contribution < 1.29 is 55.0 Å². The predicted octanol–water partition coefficient (Wildman–Crippen LogP) is 4.74. The zero-order chi connectivity index (χ0) is 44.1. The molecule has 5 aliphatic rings. The van der Waals surface area contributed by atoms with Crippen molar-refractivity contribution in [3.63, 3.8) is 0 Å². The summed E-state index contributed by atoms with van der Waals surface area (Å²) in [5.74, 6) is -3.40. The summed E-state index contributed by atoms with van der Waals surface area (Å²) in [6.07, 6.45) is 0.432. The van der Waals surface area contributed by atoms with Crippen LogP contribution in [0.4, 0.5) is 23.7 Å². The maximum absolute atomic E-state index is 14.9. The van der Waals surface area contributed by atoms with Gasteiger partial charge in [0.2, 0.25) is 33.3 Å². The topological polar surface area (TPSA) is 186 Å². The third-order valence-electron chi connectivity index (χ3n) is 12.9. The van der Waals surface area contributed by atoms with Gasteiger partial charge in [0.15, 0.2) is 0 Å². The summed E-state index contributed by atoms with van der Waals surface area (Å²) in [5.41, 5.74) is -3.65. The second-order valence-corrected chi connectivity index (χ2v) is 20.3. The number of benzene rings is 1. The summed E-state index contributed by atoms with van der Waals surface area (Å²) < 4.78 is 85.9. The number of carbonyl (C=O) groups excluding carboxylic acids is 4. The Hall–Kier alpha value is -4.65. The van der Waals surface area contributed by atoms with Crippen LogP contribution in [0.1, 0.15) is 79.6 Å². The first-order valence-electron chi connectivity index (χ1n) is 20.9. The zero-order valence-electron chi connectivity index (χ0n) is 35.0. The first-order chi connectivity index (χ1) is 28.6. The van der Waals surface area contributed by atoms with Crippen molar-refractivity contribution in [2.75, 3.05) is 37.7 Å². The van der Waals surface area contributed by atoms with Gasteiger partial charge in [-0.05, 0) is 77.2 Å². The van der Waals surface area contributed by atoms with Crippen LogP contribution >= 0.6 is 0 Å². The molecule has 7 rings (SSSR count). The van der Waals surface area contributed by atoms with Crippen LogP contribution < -0.4 is 25.0 Å². The SMILES string of the molecule is C[C@H]1CC/C=C\[C@@H]2C[C@@]2(C(=O)NS(=O)(=O)C2(C)CC2)NC(=O)[C@@H]2C[C@@H](Oc3ncc(N4CCOCC4)c4ccccc34)CN2C(=O)[C@@H](NC(=O)OC(C)(C)C(F)(F)F)[C@H](C)C1. The number of hydrogen-bond acceptors (Lipinski definition) is 11. The zero-order valence-corrected chi connectivity index (χ0v) is 35.9. The normalized spacial score (nSPS) is 30.2. The van der Waals surface area contributed by atoms with E-state index in [-0.39, 0.29) is 31.2 Å². The maximum Gasteiger partial charge on any atom is 0.427 e. The van der Waals surface area contributed by atoms with Crippen LogP contribution in [0, 0.1) is 17.8 Å². The van der Waals surface area contributed by atoms with Crippen molar-refractivity contribution in [2.24, 2.45) is 17.8 Å². The number of carbonyl (C=O) groups is 4. The molecule has 0 bridgehead atoms. The van der Waals surface area contributed by atoms with Crippen LogP contribution in [0.5, 0.6) is 5.88 Å². The second-order valence-electron chi connectivity index (χ2n) is 18.1. The Bertz CT molecular complexity index is 2180. The van der Waals surface area contributed by atoms with E-state index in [1.54, 1.807) is 26.1 Å². The van der Waals surface area contributed by atoms with E-state index in [0.29, 0.717) is 77.6 Å². The molecule has 15 nitrogen and oxygen atoms in total. The van der Waals surface area contributed by atoms with Crippen LogP contribution in [0.25, 0.3) is 10.8 Å². The number of ether oxygens (including phenoxy) is 3. The summed E-state index contributed by atoms with van der Waals surface area (Å²) in [4.78, 5) is 64.7. The van der Waals surface area contributed by atoms with Crippen molar-refractivity contribution in [1.29, 1.82) is 0 Å². The van der Waals surface area contributed by atoms with Crippen LogP contribution in [0.2, 0.25) is 0 Å². The standard InChI is InChI=1S/C42H55F3N6O9S/c1-25-10-6-7-11-27-22-41(27,37(54)49-61(56,57)40(5)14-15-40)48-34(52)31-21-28(59-35-30-13-9-8-12-29(30)32(23-46-35)50-16-18-58-19-17-50)24-51(31)36(53)33(26(2)20-25)47-38(55)60-39(3,4)42(43,44)45/h7-9,11-13,23,25-28,31,33H,6,10,14-22,24H2,1-5H3,(H,47,55)(H,48,52)(H,49,54)/b11-7-/t25-,26+,27+,28+,31-,33-,41+/m0/s1. The van der Waals surface area contributed by atoms with E-state index < -0.39 is 85.9 Å². The van der Waals surface area contributed by atoms with Crippen molar-refractivity contribution >= 4 is 50.3 Å². The molecule has 334 valence electrons. The number of alkyl halides is 3. The Labute approximate surface area is 353 Å². The number of alkyl carbamates (subject to hydrolysis) is 1. The monoisotopic (exact) mass is 876 g/mol. The Morgan fingerprint density at radius 2 is 1.74 bits per heavy atom. The van der Waals surface area contributed by atoms with Crippen LogP contribution in [-0.4, -0.2) is 115 Å². The molecule has 2 aliphatic carbocycles. The van der Waals surface area contributed by atoms with Gasteiger partial charge in [-0.1, -0.05) is 44.2 Å². The third kappa shape index (κ3) is 9.13. The molecule has 2 aromatic rings. The summed E-state index contributed by atoms with van der Waals surface area (Å²) in [6.45, 7) is 8.83. The van der Waals surface area contributed by atoms with Crippen molar-refractivity contribution in [3.8, 4) is 5.88 Å². The van der Waals surface area contributed by atoms with Crippen LogP contribution in [-0.2, 0) is 33.9 Å². The summed E-state index contributed by atoms with van der Waals surface area (Å²) in [7, 11) is -4.08. The van der Waals surface area contributed by atoms with E-state index in [1.165, 1.54) is 4.90 Å². The van der Waals surface area contributed by atoms with E-state index in [1.807, 2.05) is 37.3 Å². The fourth-order valence-corrected chi connectivity index (χ4v) is 9.81.